The second kappa shape index (κ2) is 8.36. The van der Waals surface area contributed by atoms with Crippen molar-refractivity contribution in [2.24, 2.45) is 5.73 Å². The highest BCUT2D eigenvalue weighted by Gasteiger charge is 2.15. The minimum absolute atomic E-state index is 0.228. The number of nitrogens with two attached hydrogens (primary N) is 1. The van der Waals surface area contributed by atoms with Gasteiger partial charge in [0.05, 0.1) is 11.6 Å². The van der Waals surface area contributed by atoms with E-state index in [-0.39, 0.29) is 5.91 Å². The van der Waals surface area contributed by atoms with Crippen molar-refractivity contribution in [3.8, 4) is 0 Å². The standard InChI is InChI=1S/C16H24N4O3S/c1-19(2)7-8-20-13-10-11(4-5-14(13)23-16(20)22)18-15(21)12(17)6-9-24-3/h4-5,10,12H,6-9,17H2,1-3H3,(H,18,21)/t12-/m0/s1. The third-order valence-corrected chi connectivity index (χ3v) is 4.32. The van der Waals surface area contributed by atoms with Crippen LogP contribution in [0.1, 0.15) is 6.42 Å². The second-order valence-corrected chi connectivity index (χ2v) is 6.87. The van der Waals surface area contributed by atoms with Crippen LogP contribution in [-0.4, -0.2) is 54.1 Å². The summed E-state index contributed by atoms with van der Waals surface area (Å²) < 4.78 is 6.81. The summed E-state index contributed by atoms with van der Waals surface area (Å²) in [6.07, 6.45) is 2.60. The molecule has 8 heteroatoms. The molecule has 0 aliphatic carbocycles. The van der Waals surface area contributed by atoms with Crippen LogP contribution >= 0.6 is 11.8 Å². The summed E-state index contributed by atoms with van der Waals surface area (Å²) >= 11 is 1.65. The molecule has 132 valence electrons. The monoisotopic (exact) mass is 352 g/mol. The van der Waals surface area contributed by atoms with Gasteiger partial charge < -0.3 is 20.4 Å². The average Bonchev–Trinajstić information content (AvgIpc) is 2.85. The highest BCUT2D eigenvalue weighted by atomic mass is 32.2. The molecule has 0 radical (unpaired) electrons. The maximum Gasteiger partial charge on any atom is 0.419 e. The lowest BCUT2D eigenvalue weighted by Gasteiger charge is -2.12. The van der Waals surface area contributed by atoms with E-state index in [1.807, 2.05) is 25.3 Å². The molecule has 0 saturated heterocycles. The number of oxazole rings is 1. The fourth-order valence-electron chi connectivity index (χ4n) is 2.26. The Labute approximate surface area is 145 Å². The largest absolute Gasteiger partial charge is 0.419 e. The average molecular weight is 352 g/mol. The number of carbonyl (C=O) groups is 1. The number of hydrogen-bond acceptors (Lipinski definition) is 6. The van der Waals surface area contributed by atoms with E-state index >= 15 is 0 Å². The van der Waals surface area contributed by atoms with Gasteiger partial charge in [0, 0.05) is 18.8 Å². The fourth-order valence-corrected chi connectivity index (χ4v) is 2.75. The van der Waals surface area contributed by atoms with E-state index in [1.54, 1.807) is 34.5 Å². The molecule has 0 spiro atoms. The quantitative estimate of drug-likeness (QED) is 0.741. The first-order valence-corrected chi connectivity index (χ1v) is 9.15. The lowest BCUT2D eigenvalue weighted by molar-refractivity contribution is -0.117. The molecule has 1 aromatic heterocycles. The highest BCUT2D eigenvalue weighted by Crippen LogP contribution is 2.19. The predicted molar refractivity (Wildman–Crippen MR) is 98.6 cm³/mol. The maximum absolute atomic E-state index is 12.1. The predicted octanol–water partition coefficient (Wildman–Crippen LogP) is 1.17. The van der Waals surface area contributed by atoms with Gasteiger partial charge >= 0.3 is 5.76 Å². The zero-order valence-corrected chi connectivity index (χ0v) is 15.1. The molecule has 1 heterocycles. The summed E-state index contributed by atoms with van der Waals surface area (Å²) in [6, 6.07) is 4.59. The molecular formula is C16H24N4O3S. The number of thioether (sulfide) groups is 1. The number of nitrogens with zero attached hydrogens (tertiary/aromatic N) is 2. The summed E-state index contributed by atoms with van der Waals surface area (Å²) in [4.78, 5) is 26.1. The SMILES string of the molecule is CSCC[C@H](N)C(=O)Nc1ccc2oc(=O)n(CCN(C)C)c2c1. The summed E-state index contributed by atoms with van der Waals surface area (Å²) in [5, 5.41) is 2.80. The number of likely N-dealkylation sites (N-methyl/N-ethyl adjacent to an activating group) is 1. The van der Waals surface area contributed by atoms with Crippen LogP contribution in [0.5, 0.6) is 0 Å². The molecule has 0 aliphatic heterocycles. The molecule has 24 heavy (non-hydrogen) atoms. The van der Waals surface area contributed by atoms with Gasteiger partial charge in [0.2, 0.25) is 5.91 Å². The van der Waals surface area contributed by atoms with Crippen LogP contribution in [0.15, 0.2) is 27.4 Å². The number of nitrogens with one attached hydrogen (secondary N) is 1. The van der Waals surface area contributed by atoms with E-state index in [9.17, 15) is 9.59 Å². The summed E-state index contributed by atoms with van der Waals surface area (Å²) in [7, 11) is 3.88. The maximum atomic E-state index is 12.1. The van der Waals surface area contributed by atoms with Gasteiger partial charge in [0.1, 0.15) is 0 Å². The minimum atomic E-state index is -0.548. The summed E-state index contributed by atoms with van der Waals surface area (Å²) in [6.45, 7) is 1.23. The molecular weight excluding hydrogens is 328 g/mol. The molecule has 2 rings (SSSR count). The number of amides is 1. The Balaban J connectivity index is 2.19. The van der Waals surface area contributed by atoms with Crippen molar-refractivity contribution in [2.75, 3.05) is 38.0 Å². The van der Waals surface area contributed by atoms with E-state index in [0.29, 0.717) is 36.3 Å². The first-order valence-electron chi connectivity index (χ1n) is 7.76. The van der Waals surface area contributed by atoms with Gasteiger partial charge in [-0.1, -0.05) is 0 Å². The van der Waals surface area contributed by atoms with E-state index < -0.39 is 11.8 Å². The van der Waals surface area contributed by atoms with Crippen LogP contribution < -0.4 is 16.8 Å². The Kier molecular flexibility index (Phi) is 6.47. The van der Waals surface area contributed by atoms with Crippen molar-refractivity contribution < 1.29 is 9.21 Å². The van der Waals surface area contributed by atoms with Crippen molar-refractivity contribution in [3.05, 3.63) is 28.7 Å². The zero-order chi connectivity index (χ0) is 17.7. The Morgan fingerprint density at radius 2 is 2.21 bits per heavy atom. The summed E-state index contributed by atoms with van der Waals surface area (Å²) in [5.74, 6) is 0.209. The third-order valence-electron chi connectivity index (χ3n) is 3.68. The van der Waals surface area contributed by atoms with Gasteiger partial charge in [-0.15, -0.1) is 0 Å². The molecule has 0 fully saturated rings. The van der Waals surface area contributed by atoms with Crippen LogP contribution in [-0.2, 0) is 11.3 Å². The number of hydrogen-bond donors (Lipinski definition) is 2. The van der Waals surface area contributed by atoms with Crippen molar-refractivity contribution >= 4 is 34.5 Å². The first-order chi connectivity index (χ1) is 11.4. The molecule has 1 aromatic carbocycles. The van der Waals surface area contributed by atoms with Gasteiger partial charge in [-0.05, 0) is 50.7 Å². The van der Waals surface area contributed by atoms with Crippen LogP contribution in [0.25, 0.3) is 11.1 Å². The molecule has 0 saturated carbocycles. The van der Waals surface area contributed by atoms with Crippen molar-refractivity contribution in [1.29, 1.82) is 0 Å². The number of benzene rings is 1. The van der Waals surface area contributed by atoms with E-state index in [2.05, 4.69) is 5.32 Å². The topological polar surface area (TPSA) is 93.5 Å². The van der Waals surface area contributed by atoms with Gasteiger partial charge in [0.15, 0.2) is 5.58 Å². The Bertz CT molecular complexity index is 753. The lowest BCUT2D eigenvalue weighted by atomic mass is 10.2. The minimum Gasteiger partial charge on any atom is -0.408 e. The number of rotatable bonds is 8. The molecule has 1 atom stereocenters. The zero-order valence-electron chi connectivity index (χ0n) is 14.2. The first kappa shape index (κ1) is 18.6. The van der Waals surface area contributed by atoms with Crippen molar-refractivity contribution in [2.45, 2.75) is 19.0 Å². The molecule has 7 nitrogen and oxygen atoms in total. The van der Waals surface area contributed by atoms with Crippen molar-refractivity contribution in [3.63, 3.8) is 0 Å². The Morgan fingerprint density at radius 3 is 2.88 bits per heavy atom. The Hall–Kier alpha value is -1.77. The lowest BCUT2D eigenvalue weighted by Crippen LogP contribution is -2.36. The van der Waals surface area contributed by atoms with Crippen LogP contribution in [0.3, 0.4) is 0 Å². The van der Waals surface area contributed by atoms with E-state index in [0.717, 1.165) is 5.75 Å². The fraction of sp³-hybridized carbons (Fsp3) is 0.500. The molecule has 1 amide bonds. The number of anilines is 1. The molecule has 3 N–H and O–H groups in total. The van der Waals surface area contributed by atoms with Crippen LogP contribution in [0.2, 0.25) is 0 Å². The molecule has 0 unspecified atom stereocenters. The molecule has 2 aromatic rings. The van der Waals surface area contributed by atoms with E-state index in [1.165, 1.54) is 0 Å². The Morgan fingerprint density at radius 1 is 1.46 bits per heavy atom. The van der Waals surface area contributed by atoms with Crippen molar-refractivity contribution in [1.82, 2.24) is 9.47 Å². The third kappa shape index (κ3) is 4.62. The van der Waals surface area contributed by atoms with Gasteiger partial charge in [-0.3, -0.25) is 9.36 Å². The number of fused-ring (bicyclic) bond motifs is 1. The van der Waals surface area contributed by atoms with Crippen LogP contribution in [0.4, 0.5) is 5.69 Å². The van der Waals surface area contributed by atoms with Gasteiger partial charge in [0.25, 0.3) is 0 Å². The van der Waals surface area contributed by atoms with E-state index in [4.69, 9.17) is 10.2 Å². The normalized spacial score (nSPS) is 12.7. The second-order valence-electron chi connectivity index (χ2n) is 5.88. The van der Waals surface area contributed by atoms with Gasteiger partial charge in [-0.2, -0.15) is 11.8 Å². The number of aromatic nitrogens is 1. The summed E-state index contributed by atoms with van der Waals surface area (Å²) in [5.41, 5.74) is 7.64. The molecule has 0 bridgehead atoms. The smallest absolute Gasteiger partial charge is 0.408 e. The van der Waals surface area contributed by atoms with Crippen LogP contribution in [0, 0.1) is 0 Å². The number of carbonyl (C=O) groups excluding carboxylic acids is 1. The van der Waals surface area contributed by atoms with Gasteiger partial charge in [-0.25, -0.2) is 4.79 Å². The molecule has 0 aliphatic rings. The highest BCUT2D eigenvalue weighted by molar-refractivity contribution is 7.98.